The Morgan fingerprint density at radius 3 is 1.73 bits per heavy atom. The van der Waals surface area contributed by atoms with E-state index in [4.69, 9.17) is 52.4 Å². The van der Waals surface area contributed by atoms with E-state index in [0.717, 1.165) is 0 Å². The molecular formula is C92H103N23O20. The molecule has 706 valence electrons. The summed E-state index contributed by atoms with van der Waals surface area (Å²) in [4.78, 5) is 222. The first-order valence-corrected chi connectivity index (χ1v) is 43.8. The fourth-order valence-corrected chi connectivity index (χ4v) is 16.1. The van der Waals surface area contributed by atoms with Crippen molar-refractivity contribution in [2.24, 2.45) is 40.7 Å². The highest BCUT2D eigenvalue weighted by molar-refractivity contribution is 6.10. The Hall–Kier alpha value is -16.4. The molecule has 5 atom stereocenters. The van der Waals surface area contributed by atoms with Crippen molar-refractivity contribution in [2.45, 2.75) is 128 Å². The number of nitrogens with zero attached hydrogens (tertiary/aromatic N) is 5. The van der Waals surface area contributed by atoms with Crippen LogP contribution in [0.4, 0.5) is 52.0 Å². The van der Waals surface area contributed by atoms with E-state index < -0.39 is 151 Å². The number of carboxylic acids is 2. The first kappa shape index (κ1) is 96.2. The van der Waals surface area contributed by atoms with E-state index in [9.17, 15) is 87.2 Å². The number of aromatic carboxylic acids is 1. The van der Waals surface area contributed by atoms with E-state index in [1.165, 1.54) is 103 Å². The van der Waals surface area contributed by atoms with E-state index in [0.29, 0.717) is 46.9 Å². The molecule has 5 aliphatic heterocycles. The first-order chi connectivity index (χ1) is 64.7. The molecule has 135 heavy (non-hydrogen) atoms. The lowest BCUT2D eigenvalue weighted by atomic mass is 9.90. The summed E-state index contributed by atoms with van der Waals surface area (Å²) in [6.07, 6.45) is 1.63. The summed E-state index contributed by atoms with van der Waals surface area (Å²) in [5.74, 6) is -12.9. The van der Waals surface area contributed by atoms with Crippen molar-refractivity contribution < 1.29 is 91.6 Å². The van der Waals surface area contributed by atoms with Gasteiger partial charge in [-0.2, -0.15) is 15.0 Å². The summed E-state index contributed by atoms with van der Waals surface area (Å²) in [6.45, 7) is 3.39. The van der Waals surface area contributed by atoms with Crippen LogP contribution in [0.25, 0.3) is 33.4 Å². The largest absolute Gasteiger partial charge is 0.508 e. The minimum atomic E-state index is -1.49. The Bertz CT molecular complexity index is 6170. The molecule has 0 radical (unpaired) electrons. The van der Waals surface area contributed by atoms with Crippen molar-refractivity contribution in [3.8, 4) is 33.9 Å². The number of primary amides is 2. The summed E-state index contributed by atoms with van der Waals surface area (Å²) in [6, 6.07) is 25.0. The molecule has 2 fully saturated rings. The predicted molar refractivity (Wildman–Crippen MR) is 496 cm³/mol. The number of rotatable bonds is 29. The normalized spacial score (nSPS) is 17.1. The van der Waals surface area contributed by atoms with Gasteiger partial charge in [-0.3, -0.25) is 72.5 Å². The van der Waals surface area contributed by atoms with Gasteiger partial charge in [0, 0.05) is 137 Å². The fraction of sp³-hybridized carbons (Fsp3) is 0.337. The third-order valence-electron chi connectivity index (χ3n) is 23.7. The van der Waals surface area contributed by atoms with E-state index in [1.54, 1.807) is 31.2 Å². The molecule has 0 spiro atoms. The zero-order valence-electron chi connectivity index (χ0n) is 73.5. The number of carbonyl (C=O) groups is 14. The number of nitrogens with two attached hydrogens (primary N) is 4. The zero-order chi connectivity index (χ0) is 96.4. The minimum absolute atomic E-state index is 0.0000447. The van der Waals surface area contributed by atoms with Crippen LogP contribution in [0, 0.1) is 23.2 Å². The standard InChI is InChI=1S/C92H103N23O20/c1-3-46(2)77-87(131)107-66(8-6-30-98-89(96)97)85(129)109-69-36-50(79(95)123)10-12-52(69)45-134-70-23-15-54(39-63(70)83(127)110-77)103-74(119)44-101-81(125)48-27-33-115(34-28-48)92-112-90(104-55-13-18-58(61(37-55)88(132)133)76-59-19-16-56(116)40-71(59)135-72-41-57(117)17-20-60(72)76)111-91(113-92)114-31-25-47(26-32-114)80(124)100-43-73(118)102-53-14-21-64-62(38-53)82(126)105-67(22-24-75(120)121)86(130)106-65(7-4-5-29-93)84(128)108-68-35-49(78(94)122)9-11-51(68)42-99-64/h9-21,23,35-41,46-48,65-67,77,99,116H,3-8,22,24-34,42-45,93H2,1-2H3,(H2,94,122)(H2,95,123)(H,100,124)(H,101,125)(H,102,118)(H,103,119)(H,105,126)(H,106,130)(H,107,131)(H,108,128)(H,109,129)(H,110,127)(H,120,121)(H,132,133)(H4,96,97,98)(H,104,111,112,113)/t46-,65-,66-,67-,77-/m0/s1. The highest BCUT2D eigenvalue weighted by Crippen LogP contribution is 2.43. The molecule has 0 bridgehead atoms. The van der Waals surface area contributed by atoms with Gasteiger partial charge in [-0.05, 0) is 185 Å². The number of aliphatic carboxylic acids is 1. The topological polar surface area (TPSA) is 669 Å². The van der Waals surface area contributed by atoms with Gasteiger partial charge >= 0.3 is 11.9 Å². The highest BCUT2D eigenvalue weighted by Gasteiger charge is 2.37. The van der Waals surface area contributed by atoms with E-state index in [2.05, 4.69) is 69.1 Å². The fourth-order valence-electron chi connectivity index (χ4n) is 16.1. The van der Waals surface area contributed by atoms with Gasteiger partial charge in [0.1, 0.15) is 53.6 Å². The molecule has 1 aromatic heterocycles. The smallest absolute Gasteiger partial charge is 0.336 e. The number of carboxylic acid groups (broad SMARTS) is 2. The van der Waals surface area contributed by atoms with Crippen molar-refractivity contribution in [1.82, 2.24) is 52.2 Å². The minimum Gasteiger partial charge on any atom is -0.508 e. The number of aromatic hydroxyl groups is 1. The molecular weight excluding hydrogens is 1750 g/mol. The van der Waals surface area contributed by atoms with Gasteiger partial charge in [0.25, 0.3) is 11.8 Å². The maximum Gasteiger partial charge on any atom is 0.336 e. The number of hydrogen-bond donors (Lipinski definition) is 21. The second-order valence-corrected chi connectivity index (χ2v) is 33.1. The Labute approximate surface area is 770 Å². The number of nitrogens with one attached hydrogen (secondary N) is 14. The van der Waals surface area contributed by atoms with Crippen molar-refractivity contribution in [3.05, 3.63) is 177 Å². The number of amides is 12. The van der Waals surface area contributed by atoms with E-state index >= 15 is 0 Å². The predicted octanol–water partition coefficient (Wildman–Crippen LogP) is 4.60. The second-order valence-electron chi connectivity index (χ2n) is 33.1. The molecule has 6 heterocycles. The van der Waals surface area contributed by atoms with Crippen LogP contribution in [0.2, 0.25) is 0 Å². The van der Waals surface area contributed by atoms with Gasteiger partial charge in [0.05, 0.1) is 29.8 Å². The van der Waals surface area contributed by atoms with Crippen molar-refractivity contribution in [2.75, 3.05) is 94.1 Å². The number of benzene rings is 7. The van der Waals surface area contributed by atoms with Gasteiger partial charge in [0.2, 0.25) is 76.9 Å². The lowest BCUT2D eigenvalue weighted by Crippen LogP contribution is -2.55. The molecule has 12 amide bonds. The third kappa shape index (κ3) is 24.4. The molecule has 13 rings (SSSR count). The van der Waals surface area contributed by atoms with Gasteiger partial charge in [-0.15, -0.1) is 0 Å². The molecule has 0 unspecified atom stereocenters. The first-order valence-electron chi connectivity index (χ1n) is 43.8. The number of ether oxygens (including phenoxy) is 1. The Morgan fingerprint density at radius 2 is 1.13 bits per heavy atom. The van der Waals surface area contributed by atoms with Crippen molar-refractivity contribution in [3.63, 3.8) is 0 Å². The second kappa shape index (κ2) is 43.6. The lowest BCUT2D eigenvalue weighted by molar-refractivity contribution is -0.137. The molecule has 43 nitrogen and oxygen atoms in total. The molecule has 25 N–H and O–H groups in total. The number of guanidine groups is 1. The van der Waals surface area contributed by atoms with Gasteiger partial charge in [-0.25, -0.2) is 4.79 Å². The van der Waals surface area contributed by atoms with Gasteiger partial charge in [0.15, 0.2) is 11.4 Å². The number of hydrogen-bond acceptors (Lipinski definition) is 27. The molecule has 2 saturated heterocycles. The number of piperidine rings is 2. The van der Waals surface area contributed by atoms with Crippen LogP contribution in [0.1, 0.15) is 154 Å². The van der Waals surface area contributed by atoms with Crippen LogP contribution >= 0.6 is 0 Å². The zero-order valence-corrected chi connectivity index (χ0v) is 73.5. The molecule has 43 heteroatoms. The Morgan fingerprint density at radius 1 is 0.563 bits per heavy atom. The van der Waals surface area contributed by atoms with Crippen LogP contribution in [-0.4, -0.2) is 196 Å². The van der Waals surface area contributed by atoms with E-state index in [-0.39, 0.29) is 217 Å². The van der Waals surface area contributed by atoms with Gasteiger partial charge < -0.3 is 126 Å². The van der Waals surface area contributed by atoms with Crippen LogP contribution in [-0.2, 0) is 56.3 Å². The number of phenols is 1. The average Bonchev–Trinajstić information content (AvgIpc) is 0.744. The monoisotopic (exact) mass is 1850 g/mol. The molecule has 6 aliphatic rings. The third-order valence-corrected chi connectivity index (χ3v) is 23.7. The summed E-state index contributed by atoms with van der Waals surface area (Å²) < 4.78 is 12.3. The number of anilines is 9. The number of aromatic nitrogens is 3. The summed E-state index contributed by atoms with van der Waals surface area (Å²) in [5.41, 5.74) is 24.6. The summed E-state index contributed by atoms with van der Waals surface area (Å²) in [7, 11) is 0. The van der Waals surface area contributed by atoms with E-state index in [1.807, 2.05) is 16.7 Å². The number of unbranched alkanes of at least 4 members (excludes halogenated alkanes) is 1. The van der Waals surface area contributed by atoms with Crippen molar-refractivity contribution in [1.29, 1.82) is 5.41 Å². The van der Waals surface area contributed by atoms with Crippen LogP contribution < -0.4 is 112 Å². The summed E-state index contributed by atoms with van der Waals surface area (Å²) >= 11 is 0. The maximum absolute atomic E-state index is 14.5. The molecule has 1 aliphatic carbocycles. The summed E-state index contributed by atoms with van der Waals surface area (Å²) in [5, 5.41) is 75.4. The highest BCUT2D eigenvalue weighted by atomic mass is 16.5. The quantitative estimate of drug-likeness (QED) is 0.0132. The number of fused-ring (bicyclic) bond motifs is 6. The van der Waals surface area contributed by atoms with Crippen LogP contribution in [0.15, 0.2) is 137 Å². The Kier molecular flexibility index (Phi) is 31.0. The average molecular weight is 1850 g/mol. The van der Waals surface area contributed by atoms with Crippen LogP contribution in [0.3, 0.4) is 0 Å². The molecule has 7 aromatic rings. The SMILES string of the molecule is CC[C@H](C)[C@@H]1NC(=O)c2cc(NC(=O)CNC(=O)C3CCN(c4nc(Nc5ccc(-c6c7ccc(=O)cc-7oc7cc(O)ccc67)c(C(=O)O)c5)nc(N5CCC(C(=O)NCC(=O)Nc6ccc7c(c6)C(=O)N[C@@H](CCC(=O)O)C(=O)N[C@@H](CCCCN)C(=O)Nc6cc(C(N)=O)ccc6CN7)CC5)n4)CC3)ccc2OCc2ccc(C(N)=O)cc2NC(=O)[C@H](CCCNC(=N)N)NC1=O. The lowest BCUT2D eigenvalue weighted by Gasteiger charge is -2.34. The van der Waals surface area contributed by atoms with Crippen LogP contribution in [0.5, 0.6) is 11.5 Å². The number of phenolic OH excluding ortho intramolecular Hbond substituents is 1. The maximum atomic E-state index is 14.5. The number of carbonyl (C=O) groups excluding carboxylic acids is 12. The molecule has 6 aromatic carbocycles. The molecule has 0 saturated carbocycles. The Balaban J connectivity index is 0.695. The van der Waals surface area contributed by atoms with Gasteiger partial charge in [-0.1, -0.05) is 38.5 Å². The van der Waals surface area contributed by atoms with Crippen molar-refractivity contribution >= 4 is 152 Å².